The van der Waals surface area contributed by atoms with E-state index in [0.29, 0.717) is 24.0 Å². The molecule has 1 aliphatic rings. The van der Waals surface area contributed by atoms with Gasteiger partial charge in [-0.05, 0) is 88.2 Å². The van der Waals surface area contributed by atoms with Gasteiger partial charge in [-0.2, -0.15) is 0 Å². The summed E-state index contributed by atoms with van der Waals surface area (Å²) in [5.41, 5.74) is 4.92. The van der Waals surface area contributed by atoms with Gasteiger partial charge in [-0.3, -0.25) is 4.79 Å². The third kappa shape index (κ3) is 8.44. The van der Waals surface area contributed by atoms with Crippen LogP contribution in [0.2, 0.25) is 0 Å². The van der Waals surface area contributed by atoms with Crippen LogP contribution in [0.25, 0.3) is 21.2 Å². The first kappa shape index (κ1) is 35.3. The zero-order valence-corrected chi connectivity index (χ0v) is 30.9. The summed E-state index contributed by atoms with van der Waals surface area (Å²) >= 11 is 1.62. The quantitative estimate of drug-likeness (QED) is 0.140. The van der Waals surface area contributed by atoms with E-state index in [1.54, 1.807) is 11.3 Å². The van der Waals surface area contributed by atoms with E-state index in [4.69, 9.17) is 14.5 Å². The molecule has 5 aromatic rings. The van der Waals surface area contributed by atoms with Crippen molar-refractivity contribution >= 4 is 34.0 Å². The van der Waals surface area contributed by atoms with Crippen LogP contribution < -0.4 is 10.1 Å². The van der Waals surface area contributed by atoms with Crippen molar-refractivity contribution in [1.82, 2.24) is 10.3 Å². The average molecular weight is 689 g/mol. The van der Waals surface area contributed by atoms with E-state index >= 15 is 0 Å². The average Bonchev–Trinajstić information content (AvgIpc) is 3.80. The number of nitrogens with one attached hydrogen (secondary N) is 1. The monoisotopic (exact) mass is 688 g/mol. The molecule has 0 saturated heterocycles. The maximum Gasteiger partial charge on any atom is 0.328 e. The molecule has 1 saturated carbocycles. The number of benzene rings is 3. The Labute approximate surface area is 300 Å². The molecule has 0 bridgehead atoms. The lowest BCUT2D eigenvalue weighted by molar-refractivity contribution is -0.142. The highest BCUT2D eigenvalue weighted by Crippen LogP contribution is 2.34. The molecule has 1 N–H and O–H groups in total. The minimum absolute atomic E-state index is 0.0665. The van der Waals surface area contributed by atoms with Gasteiger partial charge >= 0.3 is 5.97 Å². The standard InChI is InChI=1S/C43H48N2O4S/c1-27(2)29-11-13-30(14-12-29)40-22-21-35(50-40)26-39(42(47)48-6)45-41(46)38-24-31-15-18-34(49-33-19-16-32(17-20-33)43(3,4)5)25-36(31)37(44-38)23-28-9-7-8-10-28/h11-22,24-25,27-28,39H,7-10,23,26H2,1-6H3,(H,45,46)/t39-/m0/s1. The van der Waals surface area contributed by atoms with Crippen LogP contribution in [0.1, 0.15) is 98.4 Å². The molecule has 260 valence electrons. The van der Waals surface area contributed by atoms with Gasteiger partial charge < -0.3 is 14.8 Å². The first-order valence-electron chi connectivity index (χ1n) is 17.8. The van der Waals surface area contributed by atoms with Gasteiger partial charge in [-0.1, -0.05) is 103 Å². The Balaban J connectivity index is 1.23. The Morgan fingerprint density at radius 3 is 2.26 bits per heavy atom. The van der Waals surface area contributed by atoms with Crippen LogP contribution in [-0.2, 0) is 27.8 Å². The Kier molecular flexibility index (Phi) is 10.7. The number of esters is 1. The molecule has 1 atom stereocenters. The number of carbonyl (C=O) groups is 2. The lowest BCUT2D eigenvalue weighted by Gasteiger charge is -2.19. The molecule has 0 unspecified atom stereocenters. The molecule has 6 nitrogen and oxygen atoms in total. The second kappa shape index (κ2) is 15.2. The fourth-order valence-electron chi connectivity index (χ4n) is 6.72. The van der Waals surface area contributed by atoms with E-state index in [1.165, 1.54) is 31.1 Å². The van der Waals surface area contributed by atoms with Gasteiger partial charge in [-0.15, -0.1) is 11.3 Å². The molecular formula is C43H48N2O4S. The normalized spacial score (nSPS) is 14.2. The lowest BCUT2D eigenvalue weighted by Crippen LogP contribution is -2.43. The van der Waals surface area contributed by atoms with Crippen molar-refractivity contribution in [3.05, 3.63) is 112 Å². The Morgan fingerprint density at radius 2 is 1.60 bits per heavy atom. The second-order valence-electron chi connectivity index (χ2n) is 14.9. The SMILES string of the molecule is COC(=O)[C@H](Cc1ccc(-c2ccc(C(C)C)cc2)s1)NC(=O)c1cc2ccc(Oc3ccc(C(C)(C)C)cc3)cc2c(CC2CCCC2)n1. The van der Waals surface area contributed by atoms with Crippen molar-refractivity contribution in [2.75, 3.05) is 7.11 Å². The number of ether oxygens (including phenoxy) is 2. The van der Waals surface area contributed by atoms with E-state index in [2.05, 4.69) is 82.4 Å². The van der Waals surface area contributed by atoms with Gasteiger partial charge in [0.1, 0.15) is 23.2 Å². The Bertz CT molecular complexity index is 1950. The maximum atomic E-state index is 13.8. The highest BCUT2D eigenvalue weighted by Gasteiger charge is 2.26. The van der Waals surface area contributed by atoms with Gasteiger partial charge in [0, 0.05) is 27.3 Å². The predicted octanol–water partition coefficient (Wildman–Crippen LogP) is 10.4. The molecule has 0 radical (unpaired) electrons. The molecule has 1 amide bonds. The number of fused-ring (bicyclic) bond motifs is 1. The number of hydrogen-bond donors (Lipinski definition) is 1. The predicted molar refractivity (Wildman–Crippen MR) is 203 cm³/mol. The molecule has 2 heterocycles. The van der Waals surface area contributed by atoms with Gasteiger partial charge in [-0.25, -0.2) is 9.78 Å². The summed E-state index contributed by atoms with van der Waals surface area (Å²) in [7, 11) is 1.35. The fourth-order valence-corrected chi connectivity index (χ4v) is 7.78. The maximum absolute atomic E-state index is 13.8. The van der Waals surface area contributed by atoms with E-state index in [-0.39, 0.29) is 5.41 Å². The van der Waals surface area contributed by atoms with E-state index in [9.17, 15) is 9.59 Å². The van der Waals surface area contributed by atoms with Crippen molar-refractivity contribution in [1.29, 1.82) is 0 Å². The van der Waals surface area contributed by atoms with Crippen LogP contribution in [0.15, 0.2) is 84.9 Å². The number of methoxy groups -OCH3 is 1. The smallest absolute Gasteiger partial charge is 0.328 e. The number of amides is 1. The zero-order valence-electron chi connectivity index (χ0n) is 30.0. The van der Waals surface area contributed by atoms with Crippen LogP contribution in [0, 0.1) is 5.92 Å². The number of hydrogen-bond acceptors (Lipinski definition) is 6. The minimum Gasteiger partial charge on any atom is -0.467 e. The molecule has 3 aromatic carbocycles. The van der Waals surface area contributed by atoms with Crippen molar-refractivity contribution in [2.45, 2.75) is 90.5 Å². The molecule has 2 aromatic heterocycles. The van der Waals surface area contributed by atoms with Crippen LogP contribution in [0.4, 0.5) is 0 Å². The van der Waals surface area contributed by atoms with Crippen molar-refractivity contribution in [3.63, 3.8) is 0 Å². The van der Waals surface area contributed by atoms with Crippen LogP contribution in [0.3, 0.4) is 0 Å². The topological polar surface area (TPSA) is 77.5 Å². The third-order valence-electron chi connectivity index (χ3n) is 9.75. The molecular weight excluding hydrogens is 641 g/mol. The fraction of sp³-hybridized carbons (Fsp3) is 0.372. The first-order valence-corrected chi connectivity index (χ1v) is 18.6. The Morgan fingerprint density at radius 1 is 0.900 bits per heavy atom. The van der Waals surface area contributed by atoms with Crippen LogP contribution in [0.5, 0.6) is 11.5 Å². The number of aromatic nitrogens is 1. The summed E-state index contributed by atoms with van der Waals surface area (Å²) in [5, 5.41) is 4.84. The van der Waals surface area contributed by atoms with E-state index in [1.807, 2.05) is 42.5 Å². The largest absolute Gasteiger partial charge is 0.467 e. The van der Waals surface area contributed by atoms with Gasteiger partial charge in [0.2, 0.25) is 0 Å². The molecule has 6 rings (SSSR count). The van der Waals surface area contributed by atoms with Crippen molar-refractivity contribution < 1.29 is 19.1 Å². The first-order chi connectivity index (χ1) is 24.0. The minimum atomic E-state index is -0.849. The summed E-state index contributed by atoms with van der Waals surface area (Å²) in [6, 6.07) is 27.8. The van der Waals surface area contributed by atoms with Crippen molar-refractivity contribution in [2.24, 2.45) is 5.92 Å². The summed E-state index contributed by atoms with van der Waals surface area (Å²) in [4.78, 5) is 33.8. The lowest BCUT2D eigenvalue weighted by atomic mass is 9.87. The molecule has 50 heavy (non-hydrogen) atoms. The molecule has 1 fully saturated rings. The highest BCUT2D eigenvalue weighted by molar-refractivity contribution is 7.15. The number of nitrogens with zero attached hydrogens (tertiary/aromatic N) is 1. The van der Waals surface area contributed by atoms with E-state index < -0.39 is 17.9 Å². The number of rotatable bonds is 11. The van der Waals surface area contributed by atoms with Gasteiger partial charge in [0.25, 0.3) is 5.91 Å². The number of pyridine rings is 1. The van der Waals surface area contributed by atoms with E-state index in [0.717, 1.165) is 62.5 Å². The summed E-state index contributed by atoms with van der Waals surface area (Å²) in [6.45, 7) is 11.0. The molecule has 0 spiro atoms. The summed E-state index contributed by atoms with van der Waals surface area (Å²) in [6.07, 6.45) is 5.87. The Hall–Kier alpha value is -4.49. The summed E-state index contributed by atoms with van der Waals surface area (Å²) in [5.74, 6) is 1.61. The number of thiophene rings is 1. The van der Waals surface area contributed by atoms with Crippen LogP contribution >= 0.6 is 11.3 Å². The highest BCUT2D eigenvalue weighted by atomic mass is 32.1. The molecule has 1 aliphatic carbocycles. The molecule has 7 heteroatoms. The third-order valence-corrected chi connectivity index (χ3v) is 10.9. The summed E-state index contributed by atoms with van der Waals surface area (Å²) < 4.78 is 11.4. The van der Waals surface area contributed by atoms with Gasteiger partial charge in [0.15, 0.2) is 0 Å². The molecule has 0 aliphatic heterocycles. The van der Waals surface area contributed by atoms with Crippen LogP contribution in [-0.4, -0.2) is 30.0 Å². The van der Waals surface area contributed by atoms with Gasteiger partial charge in [0.05, 0.1) is 7.11 Å². The number of carbonyl (C=O) groups excluding carboxylic acids is 2. The van der Waals surface area contributed by atoms with Crippen molar-refractivity contribution in [3.8, 4) is 21.9 Å². The zero-order chi connectivity index (χ0) is 35.4. The second-order valence-corrected chi connectivity index (χ2v) is 16.0.